The normalized spacial score (nSPS) is 10.7. The van der Waals surface area contributed by atoms with Crippen molar-refractivity contribution >= 4 is 17.6 Å². The fourth-order valence-corrected chi connectivity index (χ4v) is 2.78. The van der Waals surface area contributed by atoms with Gasteiger partial charge in [0.15, 0.2) is 5.69 Å². The van der Waals surface area contributed by atoms with Gasteiger partial charge in [0.05, 0.1) is 36.6 Å². The van der Waals surface area contributed by atoms with Crippen molar-refractivity contribution in [2.75, 3.05) is 5.32 Å². The van der Waals surface area contributed by atoms with Crippen LogP contribution in [0, 0.1) is 13.8 Å². The third kappa shape index (κ3) is 4.41. The zero-order valence-corrected chi connectivity index (χ0v) is 15.2. The third-order valence-electron chi connectivity index (χ3n) is 4.22. The van der Waals surface area contributed by atoms with Crippen LogP contribution in [-0.2, 0) is 17.9 Å². The second-order valence-corrected chi connectivity index (χ2v) is 6.25. The van der Waals surface area contributed by atoms with Crippen molar-refractivity contribution in [3.8, 4) is 0 Å². The molecule has 8 nitrogen and oxygen atoms in total. The monoisotopic (exact) mass is 367 g/mol. The number of anilines is 1. The number of nitrogens with zero attached hydrogens (tertiary/aromatic N) is 4. The van der Waals surface area contributed by atoms with Crippen molar-refractivity contribution in [1.29, 1.82) is 0 Å². The van der Waals surface area contributed by atoms with E-state index in [1.54, 1.807) is 12.3 Å². The molecule has 140 valence electrons. The number of hydrogen-bond donors (Lipinski definition) is 2. The second-order valence-electron chi connectivity index (χ2n) is 6.25. The van der Waals surface area contributed by atoms with Gasteiger partial charge in [-0.2, -0.15) is 10.2 Å². The van der Waals surface area contributed by atoms with Crippen LogP contribution in [0.3, 0.4) is 0 Å². The average molecular weight is 367 g/mol. The summed E-state index contributed by atoms with van der Waals surface area (Å²) in [6.45, 7) is 4.59. The Morgan fingerprint density at radius 2 is 1.85 bits per heavy atom. The lowest BCUT2D eigenvalue weighted by atomic mass is 10.2. The van der Waals surface area contributed by atoms with E-state index >= 15 is 0 Å². The van der Waals surface area contributed by atoms with E-state index in [9.17, 15) is 9.59 Å². The predicted octanol–water partition coefficient (Wildman–Crippen LogP) is 2.47. The molecule has 1 amide bonds. The Bertz CT molecular complexity index is 959. The minimum atomic E-state index is -0.909. The molecule has 0 fully saturated rings. The summed E-state index contributed by atoms with van der Waals surface area (Å²) in [7, 11) is 0. The molecule has 0 atom stereocenters. The molecule has 0 unspecified atom stereocenters. The Balaban J connectivity index is 1.72. The smallest absolute Gasteiger partial charge is 0.305 e. The molecule has 8 heteroatoms. The number of aromatic nitrogens is 4. The van der Waals surface area contributed by atoms with E-state index in [-0.39, 0.29) is 24.6 Å². The molecule has 0 aliphatic rings. The van der Waals surface area contributed by atoms with Gasteiger partial charge in [-0.25, -0.2) is 0 Å². The van der Waals surface area contributed by atoms with Crippen LogP contribution in [-0.4, -0.2) is 36.5 Å². The van der Waals surface area contributed by atoms with Gasteiger partial charge in [0, 0.05) is 6.20 Å². The summed E-state index contributed by atoms with van der Waals surface area (Å²) in [5.41, 5.74) is 3.60. The summed E-state index contributed by atoms with van der Waals surface area (Å²) in [6, 6.07) is 11.5. The van der Waals surface area contributed by atoms with Crippen LogP contribution in [0.15, 0.2) is 42.6 Å². The number of nitrogens with one attached hydrogen (secondary N) is 1. The highest BCUT2D eigenvalue weighted by molar-refractivity contribution is 6.03. The lowest BCUT2D eigenvalue weighted by Crippen LogP contribution is -2.15. The Morgan fingerprint density at radius 1 is 1.11 bits per heavy atom. The molecule has 0 saturated heterocycles. The van der Waals surface area contributed by atoms with Crippen molar-refractivity contribution in [2.24, 2.45) is 0 Å². The molecule has 0 aliphatic heterocycles. The van der Waals surface area contributed by atoms with E-state index in [4.69, 9.17) is 5.11 Å². The quantitative estimate of drug-likeness (QED) is 0.668. The number of carboxylic acids is 1. The van der Waals surface area contributed by atoms with Gasteiger partial charge in [0.1, 0.15) is 0 Å². The minimum absolute atomic E-state index is 0.0484. The number of hydrogen-bond acceptors (Lipinski definition) is 4. The van der Waals surface area contributed by atoms with E-state index < -0.39 is 5.97 Å². The van der Waals surface area contributed by atoms with Gasteiger partial charge in [-0.15, -0.1) is 0 Å². The maximum atomic E-state index is 12.5. The Labute approximate surface area is 156 Å². The van der Waals surface area contributed by atoms with Crippen LogP contribution in [0.4, 0.5) is 5.69 Å². The number of aryl methyl sites for hydroxylation is 2. The standard InChI is InChI=1S/C19H21N5O3/c1-13-18(14(2)24(21-13)12-15-6-4-3-5-7-15)20-19(27)16-8-10-23(22-16)11-9-17(25)26/h3-8,10H,9,11-12H2,1-2H3,(H,20,27)(H,25,26). The van der Waals surface area contributed by atoms with Gasteiger partial charge in [0.25, 0.3) is 5.91 Å². The number of carboxylic acid groups (broad SMARTS) is 1. The van der Waals surface area contributed by atoms with E-state index in [1.807, 2.05) is 48.9 Å². The van der Waals surface area contributed by atoms with E-state index in [0.717, 1.165) is 17.0 Å². The highest BCUT2D eigenvalue weighted by Crippen LogP contribution is 2.21. The van der Waals surface area contributed by atoms with Gasteiger partial charge in [-0.1, -0.05) is 30.3 Å². The predicted molar refractivity (Wildman–Crippen MR) is 99.7 cm³/mol. The third-order valence-corrected chi connectivity index (χ3v) is 4.22. The van der Waals surface area contributed by atoms with E-state index in [1.165, 1.54) is 4.68 Å². The average Bonchev–Trinajstić information content (AvgIpc) is 3.22. The number of rotatable bonds is 7. The Morgan fingerprint density at radius 3 is 2.56 bits per heavy atom. The van der Waals surface area contributed by atoms with Crippen LogP contribution < -0.4 is 5.32 Å². The Kier molecular flexibility index (Phi) is 5.35. The zero-order valence-electron chi connectivity index (χ0n) is 15.2. The van der Waals surface area contributed by atoms with Crippen LogP contribution in [0.5, 0.6) is 0 Å². The topological polar surface area (TPSA) is 102 Å². The zero-order chi connectivity index (χ0) is 19.4. The molecular weight excluding hydrogens is 346 g/mol. The highest BCUT2D eigenvalue weighted by Gasteiger charge is 2.17. The fourth-order valence-electron chi connectivity index (χ4n) is 2.78. The molecule has 0 radical (unpaired) electrons. The van der Waals surface area contributed by atoms with Crippen molar-refractivity contribution < 1.29 is 14.7 Å². The molecule has 0 spiro atoms. The van der Waals surface area contributed by atoms with Gasteiger partial charge >= 0.3 is 5.97 Å². The number of carbonyl (C=O) groups is 2. The minimum Gasteiger partial charge on any atom is -0.481 e. The maximum Gasteiger partial charge on any atom is 0.305 e. The van der Waals surface area contributed by atoms with E-state index in [2.05, 4.69) is 15.5 Å². The number of amides is 1. The van der Waals surface area contributed by atoms with Gasteiger partial charge < -0.3 is 10.4 Å². The summed E-state index contributed by atoms with van der Waals surface area (Å²) >= 11 is 0. The lowest BCUT2D eigenvalue weighted by Gasteiger charge is -2.06. The number of carbonyl (C=O) groups excluding carboxylic acids is 1. The lowest BCUT2D eigenvalue weighted by molar-refractivity contribution is -0.137. The van der Waals surface area contributed by atoms with Crippen molar-refractivity contribution in [2.45, 2.75) is 33.4 Å². The van der Waals surface area contributed by atoms with Crippen LogP contribution in [0.25, 0.3) is 0 Å². The van der Waals surface area contributed by atoms with Crippen LogP contribution in [0.1, 0.15) is 33.9 Å². The first-order chi connectivity index (χ1) is 12.9. The molecule has 1 aromatic carbocycles. The first-order valence-corrected chi connectivity index (χ1v) is 8.58. The molecule has 3 rings (SSSR count). The molecule has 0 saturated carbocycles. The molecule has 0 bridgehead atoms. The summed E-state index contributed by atoms with van der Waals surface area (Å²) in [4.78, 5) is 23.1. The Hall–Kier alpha value is -3.42. The highest BCUT2D eigenvalue weighted by atomic mass is 16.4. The molecule has 2 aromatic heterocycles. The first-order valence-electron chi connectivity index (χ1n) is 8.58. The van der Waals surface area contributed by atoms with Crippen molar-refractivity contribution in [3.63, 3.8) is 0 Å². The summed E-state index contributed by atoms with van der Waals surface area (Å²) in [6.07, 6.45) is 1.55. The largest absolute Gasteiger partial charge is 0.481 e. The van der Waals surface area contributed by atoms with Gasteiger partial charge in [0.2, 0.25) is 0 Å². The SMILES string of the molecule is Cc1nn(Cc2ccccc2)c(C)c1NC(=O)c1ccn(CCC(=O)O)n1. The second kappa shape index (κ2) is 7.86. The van der Waals surface area contributed by atoms with Crippen LogP contribution in [0.2, 0.25) is 0 Å². The molecule has 27 heavy (non-hydrogen) atoms. The maximum absolute atomic E-state index is 12.5. The molecule has 3 aromatic rings. The van der Waals surface area contributed by atoms with Crippen molar-refractivity contribution in [3.05, 3.63) is 65.2 Å². The molecular formula is C19H21N5O3. The fraction of sp³-hybridized carbons (Fsp3) is 0.263. The number of aliphatic carboxylic acids is 1. The van der Waals surface area contributed by atoms with Gasteiger partial charge in [-0.05, 0) is 25.5 Å². The first kappa shape index (κ1) is 18.4. The summed E-state index contributed by atoms with van der Waals surface area (Å²) < 4.78 is 3.30. The van der Waals surface area contributed by atoms with Crippen molar-refractivity contribution in [1.82, 2.24) is 19.6 Å². The van der Waals surface area contributed by atoms with E-state index in [0.29, 0.717) is 12.2 Å². The van der Waals surface area contributed by atoms with Gasteiger partial charge in [-0.3, -0.25) is 19.0 Å². The number of benzene rings is 1. The molecule has 0 aliphatic carbocycles. The summed E-state index contributed by atoms with van der Waals surface area (Å²) in [5, 5.41) is 20.2. The molecule has 2 heterocycles. The van der Waals surface area contributed by atoms with Crippen LogP contribution >= 0.6 is 0 Å². The summed E-state index contributed by atoms with van der Waals surface area (Å²) in [5.74, 6) is -1.26. The molecule has 2 N–H and O–H groups in total.